The summed E-state index contributed by atoms with van der Waals surface area (Å²) >= 11 is 6.12. The van der Waals surface area contributed by atoms with E-state index in [1.54, 1.807) is 12.1 Å². The molecular weight excluding hydrogens is 412 g/mol. The van der Waals surface area contributed by atoms with Crippen LogP contribution in [0.15, 0.2) is 52.6 Å². The van der Waals surface area contributed by atoms with Crippen molar-refractivity contribution < 1.29 is 9.94 Å². The van der Waals surface area contributed by atoms with E-state index in [1.807, 2.05) is 30.3 Å². The van der Waals surface area contributed by atoms with Gasteiger partial charge in [0.05, 0.1) is 16.8 Å². The number of oxime groups is 1. The highest BCUT2D eigenvalue weighted by atomic mass is 35.5. The van der Waals surface area contributed by atoms with E-state index in [1.165, 1.54) is 19.3 Å². The number of aromatic hydroxyl groups is 1. The minimum Gasteiger partial charge on any atom is -0.494 e. The topological polar surface area (TPSA) is 73.2 Å². The second-order valence-corrected chi connectivity index (χ2v) is 8.64. The number of aliphatic imine (C=N–C) groups is 1. The van der Waals surface area contributed by atoms with E-state index in [2.05, 4.69) is 22.1 Å². The maximum absolute atomic E-state index is 10.7. The number of hydrogen-bond acceptors (Lipinski definition) is 5. The Labute approximate surface area is 186 Å². The normalized spacial score (nSPS) is 20.3. The average molecular weight is 437 g/mol. The van der Waals surface area contributed by atoms with Crippen molar-refractivity contribution >= 4 is 39.6 Å². The maximum Gasteiger partial charge on any atom is 0.199 e. The molecule has 2 N–H and O–H groups in total. The first kappa shape index (κ1) is 20.1. The average Bonchev–Trinajstić information content (AvgIpc) is 3.28. The van der Waals surface area contributed by atoms with Gasteiger partial charge in [-0.05, 0) is 51.1 Å². The van der Waals surface area contributed by atoms with Crippen LogP contribution in [0.3, 0.4) is 0 Å². The zero-order chi connectivity index (χ0) is 21.4. The number of para-hydroxylation sites is 1. The van der Waals surface area contributed by atoms with Gasteiger partial charge in [-0.3, -0.25) is 0 Å². The Kier molecular flexibility index (Phi) is 5.42. The minimum atomic E-state index is 0.0420. The largest absolute Gasteiger partial charge is 0.494 e. The number of hydrogen-bond donors (Lipinski definition) is 2. The third-order valence-electron chi connectivity index (χ3n) is 6.21. The Bertz CT molecular complexity index is 1180. The number of likely N-dealkylation sites (tertiary alicyclic amines) is 1. The highest BCUT2D eigenvalue weighted by Crippen LogP contribution is 2.36. The molecule has 0 aliphatic carbocycles. The van der Waals surface area contributed by atoms with Crippen LogP contribution in [-0.2, 0) is 4.84 Å². The summed E-state index contributed by atoms with van der Waals surface area (Å²) in [5.74, 6) is 0.0420. The lowest BCUT2D eigenvalue weighted by Crippen LogP contribution is -2.36. The minimum absolute atomic E-state index is 0.0420. The number of benzene rings is 2. The Hall–Kier alpha value is -2.83. The van der Waals surface area contributed by atoms with Crippen LogP contribution < -0.4 is 0 Å². The molecule has 1 unspecified atom stereocenters. The molecule has 1 atom stereocenters. The molecule has 1 saturated heterocycles. The predicted octanol–water partition coefficient (Wildman–Crippen LogP) is 5.26. The summed E-state index contributed by atoms with van der Waals surface area (Å²) < 4.78 is 0. The van der Waals surface area contributed by atoms with E-state index in [0.717, 1.165) is 35.1 Å². The first-order valence-corrected chi connectivity index (χ1v) is 11.1. The van der Waals surface area contributed by atoms with Gasteiger partial charge in [-0.25, -0.2) is 4.99 Å². The molecule has 3 aromatic rings. The highest BCUT2D eigenvalue weighted by Gasteiger charge is 2.29. The molecule has 0 bridgehead atoms. The molecule has 3 heterocycles. The van der Waals surface area contributed by atoms with Crippen molar-refractivity contribution in [1.82, 2.24) is 9.88 Å². The van der Waals surface area contributed by atoms with Crippen LogP contribution in [0.2, 0.25) is 5.02 Å². The van der Waals surface area contributed by atoms with Crippen LogP contribution in [-0.4, -0.2) is 52.7 Å². The molecule has 1 aromatic heterocycles. The van der Waals surface area contributed by atoms with Crippen molar-refractivity contribution in [2.24, 2.45) is 10.1 Å². The molecule has 6 nitrogen and oxygen atoms in total. The molecule has 0 radical (unpaired) electrons. The Morgan fingerprint density at radius 2 is 2.13 bits per heavy atom. The maximum atomic E-state index is 10.7. The summed E-state index contributed by atoms with van der Waals surface area (Å²) in [4.78, 5) is 16.0. The Morgan fingerprint density at radius 1 is 1.26 bits per heavy atom. The van der Waals surface area contributed by atoms with Crippen molar-refractivity contribution in [2.45, 2.75) is 31.7 Å². The zero-order valence-corrected chi connectivity index (χ0v) is 18.2. The number of rotatable bonds is 5. The van der Waals surface area contributed by atoms with Crippen LogP contribution in [0, 0.1) is 0 Å². The molecule has 0 spiro atoms. The first-order chi connectivity index (χ1) is 15.1. The monoisotopic (exact) mass is 436 g/mol. The van der Waals surface area contributed by atoms with Crippen molar-refractivity contribution in [3.05, 3.63) is 58.6 Å². The number of fused-ring (bicyclic) bond motifs is 2. The van der Waals surface area contributed by atoms with Crippen LogP contribution >= 0.6 is 11.6 Å². The number of nitrogens with zero attached hydrogens (tertiary/aromatic N) is 3. The summed E-state index contributed by atoms with van der Waals surface area (Å²) in [7, 11) is 2.18. The van der Waals surface area contributed by atoms with Crippen LogP contribution in [0.25, 0.3) is 10.9 Å². The Balaban J connectivity index is 1.44. The summed E-state index contributed by atoms with van der Waals surface area (Å²) in [6, 6.07) is 13.8. The van der Waals surface area contributed by atoms with Gasteiger partial charge in [0.1, 0.15) is 18.0 Å². The lowest BCUT2D eigenvalue weighted by atomic mass is 10.0. The van der Waals surface area contributed by atoms with Crippen molar-refractivity contribution in [2.75, 3.05) is 20.2 Å². The van der Waals surface area contributed by atoms with Gasteiger partial charge in [0, 0.05) is 22.0 Å². The second-order valence-electron chi connectivity index (χ2n) is 8.21. The number of aromatic amines is 1. The molecule has 2 aliphatic heterocycles. The molecule has 5 rings (SSSR count). The molecule has 2 aliphatic rings. The smallest absolute Gasteiger partial charge is 0.199 e. The van der Waals surface area contributed by atoms with E-state index in [-0.39, 0.29) is 5.88 Å². The molecule has 2 aromatic carbocycles. The van der Waals surface area contributed by atoms with E-state index < -0.39 is 0 Å². The fourth-order valence-corrected chi connectivity index (χ4v) is 4.71. The van der Waals surface area contributed by atoms with E-state index in [9.17, 15) is 5.11 Å². The molecule has 31 heavy (non-hydrogen) atoms. The van der Waals surface area contributed by atoms with Gasteiger partial charge < -0.3 is 19.8 Å². The van der Waals surface area contributed by atoms with Crippen molar-refractivity contribution in [3.63, 3.8) is 0 Å². The fourth-order valence-electron chi connectivity index (χ4n) is 4.54. The van der Waals surface area contributed by atoms with E-state index in [4.69, 9.17) is 21.4 Å². The zero-order valence-electron chi connectivity index (χ0n) is 17.4. The van der Waals surface area contributed by atoms with Gasteiger partial charge in [0.2, 0.25) is 0 Å². The van der Waals surface area contributed by atoms with E-state index in [0.29, 0.717) is 34.7 Å². The summed E-state index contributed by atoms with van der Waals surface area (Å²) in [5, 5.41) is 16.6. The molecule has 160 valence electrons. The Morgan fingerprint density at radius 3 is 3.00 bits per heavy atom. The molecule has 0 amide bonds. The summed E-state index contributed by atoms with van der Waals surface area (Å²) in [6.45, 7) is 1.69. The SMILES string of the molecule is CN1CCCCC1CCO/N=C1/C(c2c(O)[nH]c3cc(Cl)ccc23)=Nc2ccccc21. The van der Waals surface area contributed by atoms with Crippen LogP contribution in [0.4, 0.5) is 5.69 Å². The van der Waals surface area contributed by atoms with Gasteiger partial charge in [-0.2, -0.15) is 0 Å². The second kappa shape index (κ2) is 8.36. The summed E-state index contributed by atoms with van der Waals surface area (Å²) in [5.41, 5.74) is 4.31. The first-order valence-electron chi connectivity index (χ1n) is 10.7. The number of aromatic nitrogens is 1. The van der Waals surface area contributed by atoms with Gasteiger partial charge in [-0.1, -0.05) is 47.4 Å². The fraction of sp³-hybridized carbons (Fsp3) is 0.333. The van der Waals surface area contributed by atoms with Crippen LogP contribution in [0.5, 0.6) is 5.88 Å². The standard InChI is InChI=1S/C24H25ClN4O2/c1-29-12-5-4-6-16(29)11-13-31-28-22-18-7-2-3-8-19(18)26-23(22)21-17-10-9-15(25)14-20(17)27-24(21)30/h2-3,7-10,14,16,27,30H,4-6,11-13H2,1H3/b28-22+. The lowest BCUT2D eigenvalue weighted by Gasteiger charge is -2.32. The number of piperidine rings is 1. The number of halogens is 1. The third-order valence-corrected chi connectivity index (χ3v) is 6.45. The van der Waals surface area contributed by atoms with Gasteiger partial charge >= 0.3 is 0 Å². The van der Waals surface area contributed by atoms with Crippen molar-refractivity contribution in [1.29, 1.82) is 0 Å². The number of H-pyrrole nitrogens is 1. The predicted molar refractivity (Wildman–Crippen MR) is 125 cm³/mol. The van der Waals surface area contributed by atoms with Gasteiger partial charge in [0.15, 0.2) is 5.88 Å². The van der Waals surface area contributed by atoms with Crippen molar-refractivity contribution in [3.8, 4) is 5.88 Å². The van der Waals surface area contributed by atoms with Gasteiger partial charge in [0.25, 0.3) is 0 Å². The van der Waals surface area contributed by atoms with Gasteiger partial charge in [-0.15, -0.1) is 0 Å². The third kappa shape index (κ3) is 3.82. The lowest BCUT2D eigenvalue weighted by molar-refractivity contribution is 0.0975. The van der Waals surface area contributed by atoms with E-state index >= 15 is 0 Å². The molecule has 0 saturated carbocycles. The molecular formula is C24H25ClN4O2. The molecule has 7 heteroatoms. The number of nitrogens with one attached hydrogen (secondary N) is 1. The van der Waals surface area contributed by atoms with Crippen LogP contribution in [0.1, 0.15) is 36.8 Å². The highest BCUT2D eigenvalue weighted by molar-refractivity contribution is 6.58. The quantitative estimate of drug-likeness (QED) is 0.423. The molecule has 1 fully saturated rings. The summed E-state index contributed by atoms with van der Waals surface area (Å²) in [6.07, 6.45) is 4.69.